The lowest BCUT2D eigenvalue weighted by molar-refractivity contribution is 0.0601. The number of aromatic nitrogens is 2. The Morgan fingerprint density at radius 1 is 1.29 bits per heavy atom. The number of hydrogen-bond acceptors (Lipinski definition) is 4. The van der Waals surface area contributed by atoms with Gasteiger partial charge >= 0.3 is 5.97 Å². The van der Waals surface area contributed by atoms with Crippen LogP contribution in [0, 0.1) is 0 Å². The molecule has 1 aliphatic heterocycles. The van der Waals surface area contributed by atoms with Crippen LogP contribution < -0.4 is 5.32 Å². The molecule has 0 amide bonds. The third-order valence-corrected chi connectivity index (χ3v) is 4.68. The first-order chi connectivity index (χ1) is 11.7. The normalized spacial score (nSPS) is 13.8. The minimum absolute atomic E-state index is 0.340. The molecule has 2 aromatic carbocycles. The second-order valence-electron chi connectivity index (χ2n) is 6.06. The zero-order valence-electron chi connectivity index (χ0n) is 13.8. The third kappa shape index (κ3) is 2.29. The second-order valence-corrected chi connectivity index (χ2v) is 6.06. The van der Waals surface area contributed by atoms with Crippen molar-refractivity contribution in [2.45, 2.75) is 13.0 Å². The lowest BCUT2D eigenvalue weighted by atomic mass is 9.95. The molecule has 0 unspecified atom stereocenters. The minimum atomic E-state index is -0.340. The van der Waals surface area contributed by atoms with Gasteiger partial charge in [-0.2, -0.15) is 0 Å². The minimum Gasteiger partial charge on any atom is -0.465 e. The predicted molar refractivity (Wildman–Crippen MR) is 92.9 cm³/mol. The Kier molecular flexibility index (Phi) is 3.58. The second kappa shape index (κ2) is 5.76. The maximum Gasteiger partial charge on any atom is 0.337 e. The van der Waals surface area contributed by atoms with Crippen molar-refractivity contribution in [3.63, 3.8) is 0 Å². The van der Waals surface area contributed by atoms with Gasteiger partial charge < -0.3 is 14.6 Å². The number of aryl methyl sites for hydroxylation is 1. The van der Waals surface area contributed by atoms with E-state index in [0.29, 0.717) is 5.56 Å². The summed E-state index contributed by atoms with van der Waals surface area (Å²) >= 11 is 0. The van der Waals surface area contributed by atoms with Crippen molar-refractivity contribution in [2.75, 3.05) is 13.7 Å². The Morgan fingerprint density at radius 2 is 2.17 bits per heavy atom. The number of ether oxygens (including phenoxy) is 1. The Hall–Kier alpha value is -2.66. The first kappa shape index (κ1) is 14.9. The van der Waals surface area contributed by atoms with E-state index in [1.165, 1.54) is 23.8 Å². The predicted octanol–water partition coefficient (Wildman–Crippen LogP) is 2.67. The third-order valence-electron chi connectivity index (χ3n) is 4.68. The number of carbonyl (C=O) groups is 1. The summed E-state index contributed by atoms with van der Waals surface area (Å²) in [7, 11) is 3.41. The number of carbonyl (C=O) groups excluding carboxylic acids is 1. The average molecular weight is 321 g/mol. The van der Waals surface area contributed by atoms with Crippen LogP contribution in [-0.2, 0) is 24.8 Å². The van der Waals surface area contributed by atoms with E-state index in [1.807, 2.05) is 13.1 Å². The smallest absolute Gasteiger partial charge is 0.337 e. The summed E-state index contributed by atoms with van der Waals surface area (Å²) in [6.07, 6.45) is 1.00. The van der Waals surface area contributed by atoms with Gasteiger partial charge in [0.15, 0.2) is 0 Å². The van der Waals surface area contributed by atoms with Crippen molar-refractivity contribution in [3.05, 3.63) is 53.1 Å². The van der Waals surface area contributed by atoms with Crippen LogP contribution in [0.4, 0.5) is 0 Å². The van der Waals surface area contributed by atoms with Gasteiger partial charge in [-0.15, -0.1) is 0 Å². The number of benzene rings is 2. The number of esters is 1. The van der Waals surface area contributed by atoms with Crippen molar-refractivity contribution in [3.8, 4) is 11.4 Å². The quantitative estimate of drug-likeness (QED) is 0.737. The summed E-state index contributed by atoms with van der Waals surface area (Å²) in [5.74, 6) is 0.595. The van der Waals surface area contributed by atoms with E-state index in [2.05, 4.69) is 28.1 Å². The van der Waals surface area contributed by atoms with Crippen LogP contribution in [0.2, 0.25) is 0 Å². The van der Waals surface area contributed by atoms with E-state index in [0.717, 1.165) is 36.4 Å². The van der Waals surface area contributed by atoms with Gasteiger partial charge in [-0.25, -0.2) is 9.78 Å². The number of nitrogens with zero attached hydrogens (tertiary/aromatic N) is 2. The SMILES string of the molecule is COC(=O)c1ccc2c(c1)nc(-c1cccc3c1CCNC3)n2C. The molecule has 24 heavy (non-hydrogen) atoms. The lowest BCUT2D eigenvalue weighted by Crippen LogP contribution is -2.24. The maximum absolute atomic E-state index is 11.7. The molecule has 5 nitrogen and oxygen atoms in total. The van der Waals surface area contributed by atoms with Gasteiger partial charge in [0.25, 0.3) is 0 Å². The van der Waals surface area contributed by atoms with Gasteiger partial charge in [0.05, 0.1) is 23.7 Å². The fraction of sp³-hybridized carbons (Fsp3) is 0.263. The standard InChI is InChI=1S/C19H19N3O2/c1-22-17-7-6-12(19(23)24-2)10-16(17)21-18(22)15-5-3-4-13-11-20-9-8-14(13)15/h3-7,10,20H,8-9,11H2,1-2H3. The topological polar surface area (TPSA) is 56.1 Å². The molecule has 3 aromatic rings. The number of imidazole rings is 1. The average Bonchev–Trinajstić information content (AvgIpc) is 2.96. The van der Waals surface area contributed by atoms with Gasteiger partial charge in [0.2, 0.25) is 0 Å². The molecule has 1 aromatic heterocycles. The molecule has 4 rings (SSSR count). The van der Waals surface area contributed by atoms with E-state index in [-0.39, 0.29) is 5.97 Å². The van der Waals surface area contributed by atoms with Crippen molar-refractivity contribution < 1.29 is 9.53 Å². The molecule has 0 bridgehead atoms. The molecule has 0 atom stereocenters. The molecule has 0 saturated carbocycles. The van der Waals surface area contributed by atoms with Gasteiger partial charge in [-0.3, -0.25) is 0 Å². The molecule has 0 spiro atoms. The molecule has 0 radical (unpaired) electrons. The number of methoxy groups -OCH3 is 1. The van der Waals surface area contributed by atoms with Crippen LogP contribution in [0.25, 0.3) is 22.4 Å². The highest BCUT2D eigenvalue weighted by Gasteiger charge is 2.18. The number of fused-ring (bicyclic) bond motifs is 2. The van der Waals surface area contributed by atoms with Gasteiger partial charge in [-0.05, 0) is 42.3 Å². The summed E-state index contributed by atoms with van der Waals surface area (Å²) in [6, 6.07) is 11.9. The summed E-state index contributed by atoms with van der Waals surface area (Å²) in [4.78, 5) is 16.5. The van der Waals surface area contributed by atoms with Crippen molar-refractivity contribution in [1.29, 1.82) is 0 Å². The zero-order chi connectivity index (χ0) is 16.7. The molecule has 2 heterocycles. The van der Waals surface area contributed by atoms with E-state index in [1.54, 1.807) is 12.1 Å². The summed E-state index contributed by atoms with van der Waals surface area (Å²) < 4.78 is 6.89. The van der Waals surface area contributed by atoms with Crippen LogP contribution in [0.1, 0.15) is 21.5 Å². The van der Waals surface area contributed by atoms with E-state index in [4.69, 9.17) is 9.72 Å². The van der Waals surface area contributed by atoms with E-state index in [9.17, 15) is 4.79 Å². The van der Waals surface area contributed by atoms with Gasteiger partial charge in [-0.1, -0.05) is 18.2 Å². The molecule has 0 saturated heterocycles. The van der Waals surface area contributed by atoms with Crippen LogP contribution in [0.15, 0.2) is 36.4 Å². The molecule has 1 N–H and O–H groups in total. The fourth-order valence-corrected chi connectivity index (χ4v) is 3.43. The monoisotopic (exact) mass is 321 g/mol. The van der Waals surface area contributed by atoms with E-state index < -0.39 is 0 Å². The molecule has 0 aliphatic carbocycles. The Balaban J connectivity index is 1.89. The highest BCUT2D eigenvalue weighted by atomic mass is 16.5. The Labute approximate surface area is 140 Å². The van der Waals surface area contributed by atoms with Crippen molar-refractivity contribution >= 4 is 17.0 Å². The first-order valence-electron chi connectivity index (χ1n) is 8.05. The van der Waals surface area contributed by atoms with Crippen LogP contribution in [-0.4, -0.2) is 29.2 Å². The summed E-state index contributed by atoms with van der Waals surface area (Å²) in [5.41, 5.74) is 6.20. The van der Waals surface area contributed by atoms with E-state index >= 15 is 0 Å². The maximum atomic E-state index is 11.7. The summed E-state index contributed by atoms with van der Waals surface area (Å²) in [6.45, 7) is 1.89. The zero-order valence-corrected chi connectivity index (χ0v) is 13.8. The highest BCUT2D eigenvalue weighted by Crippen LogP contribution is 2.30. The number of nitrogens with one attached hydrogen (secondary N) is 1. The van der Waals surface area contributed by atoms with Crippen molar-refractivity contribution in [2.24, 2.45) is 7.05 Å². The van der Waals surface area contributed by atoms with Crippen LogP contribution in [0.3, 0.4) is 0 Å². The van der Waals surface area contributed by atoms with Gasteiger partial charge in [0.1, 0.15) is 5.82 Å². The number of rotatable bonds is 2. The van der Waals surface area contributed by atoms with Gasteiger partial charge in [0, 0.05) is 19.2 Å². The molecular weight excluding hydrogens is 302 g/mol. The number of hydrogen-bond donors (Lipinski definition) is 1. The summed E-state index contributed by atoms with van der Waals surface area (Å²) in [5, 5.41) is 3.41. The highest BCUT2D eigenvalue weighted by molar-refractivity contribution is 5.94. The Bertz CT molecular complexity index is 943. The van der Waals surface area contributed by atoms with Crippen LogP contribution >= 0.6 is 0 Å². The lowest BCUT2D eigenvalue weighted by Gasteiger charge is -2.20. The fourth-order valence-electron chi connectivity index (χ4n) is 3.43. The molecule has 1 aliphatic rings. The van der Waals surface area contributed by atoms with Crippen LogP contribution in [0.5, 0.6) is 0 Å². The molecular formula is C19H19N3O2. The van der Waals surface area contributed by atoms with Crippen molar-refractivity contribution in [1.82, 2.24) is 14.9 Å². The molecule has 0 fully saturated rings. The first-order valence-corrected chi connectivity index (χ1v) is 8.05. The molecule has 5 heteroatoms. The molecule has 122 valence electrons. The largest absolute Gasteiger partial charge is 0.465 e. The Morgan fingerprint density at radius 3 is 3.00 bits per heavy atom.